The molecule has 1 rings (SSSR count). The SMILES string of the molecule is CC1C=CC(I)C(I)C1I. The van der Waals surface area contributed by atoms with Crippen molar-refractivity contribution in [2.24, 2.45) is 5.92 Å². The van der Waals surface area contributed by atoms with Crippen LogP contribution in [0.5, 0.6) is 0 Å². The molecule has 0 heterocycles. The van der Waals surface area contributed by atoms with Gasteiger partial charge in [0, 0.05) is 11.8 Å². The molecule has 0 aromatic carbocycles. The van der Waals surface area contributed by atoms with Crippen LogP contribution in [-0.2, 0) is 0 Å². The first kappa shape index (κ1) is 10.0. The van der Waals surface area contributed by atoms with Gasteiger partial charge < -0.3 is 0 Å². The Labute approximate surface area is 103 Å². The van der Waals surface area contributed by atoms with E-state index in [-0.39, 0.29) is 0 Å². The van der Waals surface area contributed by atoms with E-state index in [1.54, 1.807) is 0 Å². The summed E-state index contributed by atoms with van der Waals surface area (Å²) in [5.74, 6) is 0.758. The molecule has 0 saturated carbocycles. The molecule has 4 atom stereocenters. The topological polar surface area (TPSA) is 0 Å². The lowest BCUT2D eigenvalue weighted by Crippen LogP contribution is -2.30. The number of alkyl halides is 3. The normalized spacial score (nSPS) is 47.6. The van der Waals surface area contributed by atoms with Crippen LogP contribution in [0.1, 0.15) is 6.92 Å². The van der Waals surface area contributed by atoms with Crippen LogP contribution in [0, 0.1) is 5.92 Å². The Morgan fingerprint density at radius 3 is 2.10 bits per heavy atom. The molecule has 3 heteroatoms. The van der Waals surface area contributed by atoms with Crippen molar-refractivity contribution >= 4 is 67.8 Å². The highest BCUT2D eigenvalue weighted by molar-refractivity contribution is 14.1. The van der Waals surface area contributed by atoms with E-state index in [1.165, 1.54) is 0 Å². The molecule has 1 aliphatic rings. The minimum absolute atomic E-state index is 0.733. The maximum absolute atomic E-state index is 2.56. The Hall–Kier alpha value is 1.93. The van der Waals surface area contributed by atoms with Gasteiger partial charge in [-0.1, -0.05) is 86.8 Å². The molecule has 4 unspecified atom stereocenters. The second kappa shape index (κ2) is 4.25. The number of allylic oxidation sites excluding steroid dienone is 2. The summed E-state index contributed by atoms with van der Waals surface area (Å²) in [7, 11) is 0. The molecule has 0 saturated heterocycles. The van der Waals surface area contributed by atoms with Crippen LogP contribution in [0.4, 0.5) is 0 Å². The van der Waals surface area contributed by atoms with E-state index in [9.17, 15) is 0 Å². The summed E-state index contributed by atoms with van der Waals surface area (Å²) >= 11 is 7.63. The fourth-order valence-corrected chi connectivity index (χ4v) is 4.02. The predicted molar refractivity (Wildman–Crippen MR) is 71.7 cm³/mol. The number of halogens is 3. The van der Waals surface area contributed by atoms with Gasteiger partial charge in [0.05, 0.1) is 0 Å². The molecule has 0 aliphatic heterocycles. The van der Waals surface area contributed by atoms with Gasteiger partial charge in [0.2, 0.25) is 0 Å². The summed E-state index contributed by atoms with van der Waals surface area (Å²) in [4.78, 5) is 0. The minimum atomic E-state index is 0.733. The Balaban J connectivity index is 2.69. The number of hydrogen-bond donors (Lipinski definition) is 0. The van der Waals surface area contributed by atoms with E-state index in [0.717, 1.165) is 17.7 Å². The molecule has 0 nitrogen and oxygen atoms in total. The third-order valence-electron chi connectivity index (χ3n) is 1.71. The average molecular weight is 474 g/mol. The van der Waals surface area contributed by atoms with Crippen molar-refractivity contribution in [2.45, 2.75) is 18.7 Å². The van der Waals surface area contributed by atoms with Gasteiger partial charge in [-0.3, -0.25) is 0 Å². The highest BCUT2D eigenvalue weighted by Gasteiger charge is 2.28. The first-order chi connectivity index (χ1) is 4.63. The second-order valence-electron chi connectivity index (χ2n) is 2.58. The van der Waals surface area contributed by atoms with Crippen molar-refractivity contribution < 1.29 is 0 Å². The number of hydrogen-bond acceptors (Lipinski definition) is 0. The van der Waals surface area contributed by atoms with Gasteiger partial charge in [-0.2, -0.15) is 0 Å². The van der Waals surface area contributed by atoms with Crippen LogP contribution in [-0.4, -0.2) is 11.8 Å². The zero-order valence-electron chi connectivity index (χ0n) is 5.60. The summed E-state index contributed by atoms with van der Waals surface area (Å²) in [5, 5.41) is 0. The van der Waals surface area contributed by atoms with Crippen molar-refractivity contribution in [3.63, 3.8) is 0 Å². The molecule has 1 aliphatic carbocycles. The molecule has 0 bridgehead atoms. The highest BCUT2D eigenvalue weighted by Crippen LogP contribution is 2.34. The molecule has 10 heavy (non-hydrogen) atoms. The van der Waals surface area contributed by atoms with Crippen molar-refractivity contribution in [2.75, 3.05) is 0 Å². The Morgan fingerprint density at radius 1 is 1.00 bits per heavy atom. The second-order valence-corrected chi connectivity index (χ2v) is 6.89. The summed E-state index contributed by atoms with van der Waals surface area (Å²) in [5.41, 5.74) is 0. The highest BCUT2D eigenvalue weighted by atomic mass is 127. The summed E-state index contributed by atoms with van der Waals surface area (Å²) in [6, 6.07) is 0. The first-order valence-electron chi connectivity index (χ1n) is 3.23. The average Bonchev–Trinajstić information content (AvgIpc) is 1.93. The van der Waals surface area contributed by atoms with Crippen molar-refractivity contribution in [1.82, 2.24) is 0 Å². The van der Waals surface area contributed by atoms with E-state index in [4.69, 9.17) is 0 Å². The molecule has 0 spiro atoms. The molecule has 0 radical (unpaired) electrons. The van der Waals surface area contributed by atoms with E-state index >= 15 is 0 Å². The lowest BCUT2D eigenvalue weighted by molar-refractivity contribution is 0.660. The maximum Gasteiger partial charge on any atom is 0.0417 e. The van der Waals surface area contributed by atoms with Gasteiger partial charge in [-0.15, -0.1) is 0 Å². The summed E-state index contributed by atoms with van der Waals surface area (Å²) in [6.45, 7) is 2.29. The van der Waals surface area contributed by atoms with Gasteiger partial charge in [-0.05, 0) is 5.92 Å². The Morgan fingerprint density at radius 2 is 1.60 bits per heavy atom. The van der Waals surface area contributed by atoms with Crippen LogP contribution in [0.25, 0.3) is 0 Å². The van der Waals surface area contributed by atoms with Gasteiger partial charge in [-0.25, -0.2) is 0 Å². The van der Waals surface area contributed by atoms with Gasteiger partial charge >= 0.3 is 0 Å². The third kappa shape index (κ3) is 2.21. The molecule has 0 amide bonds. The smallest absolute Gasteiger partial charge is 0.0417 e. The zero-order valence-corrected chi connectivity index (χ0v) is 12.1. The molecule has 0 N–H and O–H groups in total. The van der Waals surface area contributed by atoms with Gasteiger partial charge in [0.15, 0.2) is 0 Å². The van der Waals surface area contributed by atoms with E-state index in [1.807, 2.05) is 0 Å². The third-order valence-corrected chi connectivity index (χ3v) is 9.11. The summed E-state index contributed by atoms with van der Waals surface area (Å²) in [6.07, 6.45) is 4.67. The van der Waals surface area contributed by atoms with Gasteiger partial charge in [0.1, 0.15) is 0 Å². The predicted octanol–water partition coefficient (Wildman–Crippen LogP) is 3.60. The first-order valence-corrected chi connectivity index (χ1v) is 6.97. The van der Waals surface area contributed by atoms with Crippen molar-refractivity contribution in [1.29, 1.82) is 0 Å². The molecule has 0 aromatic heterocycles. The fraction of sp³-hybridized carbons (Fsp3) is 0.714. The monoisotopic (exact) mass is 474 g/mol. The fourth-order valence-electron chi connectivity index (χ4n) is 0.959. The van der Waals surface area contributed by atoms with Crippen LogP contribution in [0.2, 0.25) is 0 Å². The molecule has 58 valence electrons. The van der Waals surface area contributed by atoms with Gasteiger partial charge in [0.25, 0.3) is 0 Å². The van der Waals surface area contributed by atoms with Crippen LogP contribution < -0.4 is 0 Å². The Bertz CT molecular complexity index is 128. The molecule has 0 fully saturated rings. The molecular formula is C7H9I3. The summed E-state index contributed by atoms with van der Waals surface area (Å²) < 4.78 is 2.35. The van der Waals surface area contributed by atoms with E-state index in [0.29, 0.717) is 0 Å². The lowest BCUT2D eigenvalue weighted by atomic mass is 9.98. The van der Waals surface area contributed by atoms with Crippen molar-refractivity contribution in [3.05, 3.63) is 12.2 Å². The largest absolute Gasteiger partial charge is 0.0835 e. The van der Waals surface area contributed by atoms with Crippen LogP contribution in [0.3, 0.4) is 0 Å². The number of rotatable bonds is 0. The quantitative estimate of drug-likeness (QED) is 0.286. The van der Waals surface area contributed by atoms with E-state index < -0.39 is 0 Å². The van der Waals surface area contributed by atoms with Crippen molar-refractivity contribution in [3.8, 4) is 0 Å². The molecule has 0 aromatic rings. The molecular weight excluding hydrogens is 465 g/mol. The lowest BCUT2D eigenvalue weighted by Gasteiger charge is -2.28. The van der Waals surface area contributed by atoms with Crippen LogP contribution in [0.15, 0.2) is 12.2 Å². The Kier molecular flexibility index (Phi) is 4.25. The zero-order chi connectivity index (χ0) is 7.72. The van der Waals surface area contributed by atoms with E-state index in [2.05, 4.69) is 86.8 Å². The van der Waals surface area contributed by atoms with Crippen LogP contribution >= 0.6 is 67.8 Å². The maximum atomic E-state index is 2.56. The standard InChI is InChI=1S/C7H9I3/c1-4-2-3-5(8)7(10)6(4)9/h2-7H,1H3. The minimum Gasteiger partial charge on any atom is -0.0835 e.